The van der Waals surface area contributed by atoms with Gasteiger partial charge in [0.15, 0.2) is 0 Å². The topological polar surface area (TPSA) is 66.5 Å². The van der Waals surface area contributed by atoms with E-state index in [1.807, 2.05) is 6.92 Å². The van der Waals surface area contributed by atoms with Crippen LogP contribution in [0.2, 0.25) is 0 Å². The number of rotatable bonds is 9. The van der Waals surface area contributed by atoms with Crippen LogP contribution in [0.5, 0.6) is 0 Å². The van der Waals surface area contributed by atoms with E-state index in [1.165, 1.54) is 4.31 Å². The summed E-state index contributed by atoms with van der Waals surface area (Å²) in [6.07, 6.45) is -0.857. The molecule has 0 fully saturated rings. The Kier molecular flexibility index (Phi) is 7.88. The maximum atomic E-state index is 12.5. The minimum atomic E-state index is -4.43. The van der Waals surface area contributed by atoms with Gasteiger partial charge in [-0.25, -0.2) is 12.7 Å². The Morgan fingerprint density at radius 1 is 1.12 bits per heavy atom. The van der Waals surface area contributed by atoms with E-state index in [0.29, 0.717) is 13.0 Å². The number of halogens is 3. The van der Waals surface area contributed by atoms with E-state index in [-0.39, 0.29) is 18.7 Å². The molecule has 5 nitrogen and oxygen atoms in total. The molecule has 1 N–H and O–H groups in total. The Morgan fingerprint density at radius 2 is 1.72 bits per heavy atom. The summed E-state index contributed by atoms with van der Waals surface area (Å²) in [6.45, 7) is 2.39. The fourth-order valence-corrected chi connectivity index (χ4v) is 3.06. The molecule has 0 aliphatic rings. The zero-order chi connectivity index (χ0) is 19.1. The van der Waals surface area contributed by atoms with Crippen LogP contribution in [0.25, 0.3) is 0 Å². The lowest BCUT2D eigenvalue weighted by molar-refractivity contribution is -0.137. The third kappa shape index (κ3) is 7.87. The van der Waals surface area contributed by atoms with E-state index in [9.17, 15) is 26.4 Å². The molecule has 0 bridgehead atoms. The first-order valence-corrected chi connectivity index (χ1v) is 9.81. The minimum absolute atomic E-state index is 0.0367. The number of alkyl halides is 3. The lowest BCUT2D eigenvalue weighted by Gasteiger charge is -2.19. The van der Waals surface area contributed by atoms with E-state index < -0.39 is 27.7 Å². The lowest BCUT2D eigenvalue weighted by atomic mass is 10.2. The average molecular weight is 380 g/mol. The zero-order valence-electron chi connectivity index (χ0n) is 14.3. The predicted octanol–water partition coefficient (Wildman–Crippen LogP) is 3.49. The third-order valence-corrected chi connectivity index (χ3v) is 4.87. The predicted molar refractivity (Wildman–Crippen MR) is 90.6 cm³/mol. The molecular weight excluding hydrogens is 357 g/mol. The second-order valence-electron chi connectivity index (χ2n) is 5.74. The van der Waals surface area contributed by atoms with E-state index >= 15 is 0 Å². The molecule has 0 aromatic heterocycles. The fraction of sp³-hybridized carbons (Fsp3) is 0.562. The highest BCUT2D eigenvalue weighted by molar-refractivity contribution is 7.88. The molecule has 142 valence electrons. The molecule has 25 heavy (non-hydrogen) atoms. The Hall–Kier alpha value is -1.61. The number of nitrogens with one attached hydrogen (secondary N) is 1. The number of unbranched alkanes of at least 4 members (excludes halogenated alkanes) is 2. The quantitative estimate of drug-likeness (QED) is 0.667. The van der Waals surface area contributed by atoms with Crippen molar-refractivity contribution in [3.05, 3.63) is 29.8 Å². The van der Waals surface area contributed by atoms with Gasteiger partial charge in [0, 0.05) is 25.2 Å². The number of amides is 1. The van der Waals surface area contributed by atoms with Crippen LogP contribution in [0.4, 0.5) is 18.9 Å². The van der Waals surface area contributed by atoms with Gasteiger partial charge in [0.25, 0.3) is 0 Å². The number of benzene rings is 1. The molecule has 0 radical (unpaired) electrons. The first-order valence-electron chi connectivity index (χ1n) is 7.96. The van der Waals surface area contributed by atoms with E-state index in [4.69, 9.17) is 0 Å². The summed E-state index contributed by atoms with van der Waals surface area (Å²) in [5, 5.41) is 2.47. The van der Waals surface area contributed by atoms with Crippen molar-refractivity contribution in [2.45, 2.75) is 38.8 Å². The second-order valence-corrected chi connectivity index (χ2v) is 7.72. The molecule has 1 rings (SSSR count). The summed E-state index contributed by atoms with van der Waals surface area (Å²) in [5.74, 6) is -0.455. The molecule has 0 heterocycles. The number of hydrogen-bond acceptors (Lipinski definition) is 3. The van der Waals surface area contributed by atoms with Crippen LogP contribution in [-0.4, -0.2) is 38.0 Å². The lowest BCUT2D eigenvalue weighted by Crippen LogP contribution is -2.33. The standard InChI is InChI=1S/C16H23F3N2O3S/c1-3-4-5-11-21(25(2,23)24)12-10-15(22)20-14-8-6-13(7-9-14)16(17,18)19/h6-9H,3-5,10-12H2,1-2H3,(H,20,22). The monoisotopic (exact) mass is 380 g/mol. The van der Waals surface area contributed by atoms with Crippen LogP contribution in [0.1, 0.15) is 38.2 Å². The van der Waals surface area contributed by atoms with Gasteiger partial charge in [-0.2, -0.15) is 13.2 Å². The van der Waals surface area contributed by atoms with Crippen LogP contribution < -0.4 is 5.32 Å². The molecular formula is C16H23F3N2O3S. The normalized spacial score (nSPS) is 12.4. The summed E-state index contributed by atoms with van der Waals surface area (Å²) in [6, 6.07) is 4.08. The van der Waals surface area contributed by atoms with E-state index in [2.05, 4.69) is 5.32 Å². The number of hydrogen-bond donors (Lipinski definition) is 1. The molecule has 0 saturated heterocycles. The van der Waals surface area contributed by atoms with Crippen molar-refractivity contribution in [2.24, 2.45) is 0 Å². The maximum absolute atomic E-state index is 12.5. The summed E-state index contributed by atoms with van der Waals surface area (Å²) in [5.41, 5.74) is -0.570. The summed E-state index contributed by atoms with van der Waals surface area (Å²) in [4.78, 5) is 11.9. The molecule has 0 unspecified atom stereocenters. The maximum Gasteiger partial charge on any atom is 0.416 e. The highest BCUT2D eigenvalue weighted by Gasteiger charge is 2.30. The van der Waals surface area contributed by atoms with Crippen molar-refractivity contribution in [2.75, 3.05) is 24.7 Å². The third-order valence-electron chi connectivity index (χ3n) is 3.56. The molecule has 0 aliphatic carbocycles. The van der Waals surface area contributed by atoms with Crippen molar-refractivity contribution in [1.82, 2.24) is 4.31 Å². The first kappa shape index (κ1) is 21.4. The van der Waals surface area contributed by atoms with Crippen LogP contribution in [0.3, 0.4) is 0 Å². The largest absolute Gasteiger partial charge is 0.416 e. The zero-order valence-corrected chi connectivity index (χ0v) is 15.1. The first-order chi connectivity index (χ1) is 11.5. The number of nitrogens with zero attached hydrogens (tertiary/aromatic N) is 1. The average Bonchev–Trinajstić information content (AvgIpc) is 2.49. The van der Waals surface area contributed by atoms with E-state index in [1.54, 1.807) is 0 Å². The van der Waals surface area contributed by atoms with Gasteiger partial charge < -0.3 is 5.32 Å². The second kappa shape index (κ2) is 9.19. The Bertz CT molecular complexity index is 658. The Morgan fingerprint density at radius 3 is 2.20 bits per heavy atom. The fourth-order valence-electron chi connectivity index (χ4n) is 2.17. The smallest absolute Gasteiger partial charge is 0.326 e. The number of anilines is 1. The molecule has 9 heteroatoms. The van der Waals surface area contributed by atoms with Gasteiger partial charge in [0.05, 0.1) is 11.8 Å². The van der Waals surface area contributed by atoms with E-state index in [0.717, 1.165) is 43.4 Å². The number of sulfonamides is 1. The molecule has 0 atom stereocenters. The van der Waals surface area contributed by atoms with Gasteiger partial charge >= 0.3 is 6.18 Å². The van der Waals surface area contributed by atoms with Gasteiger partial charge in [-0.3, -0.25) is 4.79 Å². The summed E-state index contributed by atoms with van der Waals surface area (Å²) >= 11 is 0. The Labute approximate surface area is 146 Å². The number of carbonyl (C=O) groups is 1. The Balaban J connectivity index is 2.57. The molecule has 0 aliphatic heterocycles. The summed E-state index contributed by atoms with van der Waals surface area (Å²) < 4.78 is 62.1. The van der Waals surface area contributed by atoms with Crippen molar-refractivity contribution in [3.63, 3.8) is 0 Å². The van der Waals surface area contributed by atoms with Crippen molar-refractivity contribution >= 4 is 21.6 Å². The van der Waals surface area contributed by atoms with Crippen LogP contribution >= 0.6 is 0 Å². The summed E-state index contributed by atoms with van der Waals surface area (Å²) in [7, 11) is -3.41. The molecule has 1 amide bonds. The van der Waals surface area contributed by atoms with Gasteiger partial charge in [-0.15, -0.1) is 0 Å². The SMILES string of the molecule is CCCCCN(CCC(=O)Nc1ccc(C(F)(F)F)cc1)S(C)(=O)=O. The van der Waals surface area contributed by atoms with Crippen molar-refractivity contribution in [1.29, 1.82) is 0 Å². The highest BCUT2D eigenvalue weighted by atomic mass is 32.2. The van der Waals surface area contributed by atoms with Gasteiger partial charge in [0.1, 0.15) is 0 Å². The van der Waals surface area contributed by atoms with Crippen LogP contribution in [0, 0.1) is 0 Å². The number of carbonyl (C=O) groups excluding carboxylic acids is 1. The van der Waals surface area contributed by atoms with Gasteiger partial charge in [-0.05, 0) is 30.7 Å². The molecule has 1 aromatic carbocycles. The van der Waals surface area contributed by atoms with Gasteiger partial charge in [0.2, 0.25) is 15.9 Å². The molecule has 1 aromatic rings. The van der Waals surface area contributed by atoms with Crippen molar-refractivity contribution < 1.29 is 26.4 Å². The molecule has 0 saturated carbocycles. The van der Waals surface area contributed by atoms with Gasteiger partial charge in [-0.1, -0.05) is 19.8 Å². The van der Waals surface area contributed by atoms with Crippen molar-refractivity contribution in [3.8, 4) is 0 Å². The molecule has 0 spiro atoms. The highest BCUT2D eigenvalue weighted by Crippen LogP contribution is 2.29. The minimum Gasteiger partial charge on any atom is -0.326 e. The van der Waals surface area contributed by atoms with Crippen LogP contribution in [0.15, 0.2) is 24.3 Å². The van der Waals surface area contributed by atoms with Crippen LogP contribution in [-0.2, 0) is 21.0 Å².